The van der Waals surface area contributed by atoms with Crippen molar-refractivity contribution in [3.8, 4) is 0 Å². The molecule has 0 saturated heterocycles. The molecule has 0 aliphatic heterocycles. The molecule has 92 valence electrons. The summed E-state index contributed by atoms with van der Waals surface area (Å²) in [5.41, 5.74) is 2.81. The summed E-state index contributed by atoms with van der Waals surface area (Å²) in [7, 11) is 0. The van der Waals surface area contributed by atoms with Crippen molar-refractivity contribution in [1.29, 1.82) is 0 Å². The van der Waals surface area contributed by atoms with Crippen LogP contribution in [0.3, 0.4) is 0 Å². The van der Waals surface area contributed by atoms with Gasteiger partial charge in [-0.15, -0.1) is 0 Å². The van der Waals surface area contributed by atoms with Crippen LogP contribution < -0.4 is 0 Å². The van der Waals surface area contributed by atoms with Crippen molar-refractivity contribution >= 4 is 28.1 Å². The third kappa shape index (κ3) is 3.01. The SMILES string of the molecule is CC(C[TeH])c1ccc(C(=O)c2ccccc2)cc1. The number of hydrogen-bond donors (Lipinski definition) is 0. The number of ketones is 1. The Morgan fingerprint density at radius 1 is 1.00 bits per heavy atom. The minimum atomic E-state index is 0.0923. The summed E-state index contributed by atoms with van der Waals surface area (Å²) < 4.78 is 1.17. The van der Waals surface area contributed by atoms with Crippen molar-refractivity contribution in [2.75, 3.05) is 0 Å². The van der Waals surface area contributed by atoms with Gasteiger partial charge in [-0.2, -0.15) is 0 Å². The van der Waals surface area contributed by atoms with E-state index in [1.54, 1.807) is 0 Å². The maximum absolute atomic E-state index is 12.2. The molecular formula is C16H16OTe. The maximum atomic E-state index is 12.2. The van der Waals surface area contributed by atoms with Crippen molar-refractivity contribution < 1.29 is 4.79 Å². The first-order chi connectivity index (χ1) is 8.72. The van der Waals surface area contributed by atoms with Crippen molar-refractivity contribution in [3.63, 3.8) is 0 Å². The fraction of sp³-hybridized carbons (Fsp3) is 0.188. The van der Waals surface area contributed by atoms with Gasteiger partial charge in [0, 0.05) is 0 Å². The van der Waals surface area contributed by atoms with Gasteiger partial charge < -0.3 is 0 Å². The first-order valence-electron chi connectivity index (χ1n) is 6.03. The second-order valence-electron chi connectivity index (χ2n) is 4.40. The molecule has 1 unspecified atom stereocenters. The fourth-order valence-electron chi connectivity index (χ4n) is 1.82. The van der Waals surface area contributed by atoms with Gasteiger partial charge in [0.2, 0.25) is 0 Å². The van der Waals surface area contributed by atoms with Gasteiger partial charge in [0.1, 0.15) is 0 Å². The molecule has 2 rings (SSSR count). The number of rotatable bonds is 4. The zero-order valence-electron chi connectivity index (χ0n) is 10.3. The molecule has 0 spiro atoms. The molecule has 0 aliphatic carbocycles. The van der Waals surface area contributed by atoms with Crippen LogP contribution in [0.15, 0.2) is 54.6 Å². The molecule has 1 atom stereocenters. The van der Waals surface area contributed by atoms with E-state index in [9.17, 15) is 4.79 Å². The van der Waals surface area contributed by atoms with Gasteiger partial charge >= 0.3 is 121 Å². The van der Waals surface area contributed by atoms with Gasteiger partial charge in [-0.1, -0.05) is 0 Å². The van der Waals surface area contributed by atoms with E-state index in [4.69, 9.17) is 0 Å². The van der Waals surface area contributed by atoms with Gasteiger partial charge in [0.15, 0.2) is 0 Å². The zero-order chi connectivity index (χ0) is 13.0. The number of hydrogen-bond acceptors (Lipinski definition) is 1. The topological polar surface area (TPSA) is 17.1 Å². The van der Waals surface area contributed by atoms with E-state index in [-0.39, 0.29) is 5.78 Å². The third-order valence-corrected chi connectivity index (χ3v) is 4.62. The first kappa shape index (κ1) is 13.3. The van der Waals surface area contributed by atoms with E-state index in [1.165, 1.54) is 10.0 Å². The van der Waals surface area contributed by atoms with Crippen LogP contribution in [0, 0.1) is 0 Å². The van der Waals surface area contributed by atoms with Gasteiger partial charge in [-0.25, -0.2) is 0 Å². The van der Waals surface area contributed by atoms with Crippen molar-refractivity contribution in [3.05, 3.63) is 71.3 Å². The monoisotopic (exact) mass is 354 g/mol. The zero-order valence-corrected chi connectivity index (χ0v) is 12.9. The Labute approximate surface area is 121 Å². The molecule has 0 N–H and O–H groups in total. The van der Waals surface area contributed by atoms with Crippen LogP contribution in [0.2, 0.25) is 4.47 Å². The third-order valence-electron chi connectivity index (χ3n) is 3.05. The van der Waals surface area contributed by atoms with E-state index in [0.717, 1.165) is 11.1 Å². The number of carbonyl (C=O) groups excluding carboxylic acids is 1. The Kier molecular flexibility index (Phi) is 4.58. The molecule has 2 aromatic rings. The van der Waals surface area contributed by atoms with E-state index in [1.807, 2.05) is 64.8 Å². The van der Waals surface area contributed by atoms with E-state index < -0.39 is 0 Å². The van der Waals surface area contributed by atoms with Crippen LogP contribution in [-0.4, -0.2) is 28.1 Å². The minimum absolute atomic E-state index is 0.0923. The molecule has 2 aromatic carbocycles. The molecule has 0 bridgehead atoms. The molecule has 2 heteroatoms. The van der Waals surface area contributed by atoms with Gasteiger partial charge in [-0.05, 0) is 0 Å². The number of carbonyl (C=O) groups is 1. The Morgan fingerprint density at radius 3 is 2.11 bits per heavy atom. The van der Waals surface area contributed by atoms with Crippen molar-refractivity contribution in [2.45, 2.75) is 17.3 Å². The van der Waals surface area contributed by atoms with Crippen LogP contribution in [-0.2, 0) is 0 Å². The molecule has 0 amide bonds. The van der Waals surface area contributed by atoms with Crippen LogP contribution in [0.25, 0.3) is 0 Å². The molecule has 0 fully saturated rings. The summed E-state index contributed by atoms with van der Waals surface area (Å²) in [6, 6.07) is 17.4. The van der Waals surface area contributed by atoms with Crippen LogP contribution in [0.5, 0.6) is 0 Å². The van der Waals surface area contributed by atoms with E-state index in [0.29, 0.717) is 5.92 Å². The molecule has 0 heterocycles. The van der Waals surface area contributed by atoms with Crippen LogP contribution >= 0.6 is 0 Å². The Bertz CT molecular complexity index is 517. The van der Waals surface area contributed by atoms with Crippen LogP contribution in [0.4, 0.5) is 0 Å². The summed E-state index contributed by atoms with van der Waals surface area (Å²) in [4.78, 5) is 12.2. The van der Waals surface area contributed by atoms with E-state index >= 15 is 0 Å². The molecule has 0 radical (unpaired) electrons. The summed E-state index contributed by atoms with van der Waals surface area (Å²) in [5.74, 6) is 0.662. The molecule has 0 aliphatic rings. The summed E-state index contributed by atoms with van der Waals surface area (Å²) >= 11 is 1.83. The Morgan fingerprint density at radius 2 is 1.56 bits per heavy atom. The molecule has 0 saturated carbocycles. The van der Waals surface area contributed by atoms with Gasteiger partial charge in [-0.3, -0.25) is 0 Å². The molecular weight excluding hydrogens is 336 g/mol. The van der Waals surface area contributed by atoms with Crippen molar-refractivity contribution in [2.24, 2.45) is 0 Å². The Balaban J connectivity index is 2.22. The number of benzene rings is 2. The Hall–Kier alpha value is -1.10. The predicted molar refractivity (Wildman–Crippen MR) is 76.7 cm³/mol. The normalized spacial score (nSPS) is 12.1. The molecule has 18 heavy (non-hydrogen) atoms. The average molecular weight is 352 g/mol. The second-order valence-corrected chi connectivity index (χ2v) is 5.44. The quantitative estimate of drug-likeness (QED) is 0.610. The average Bonchev–Trinajstić information content (AvgIpc) is 2.47. The summed E-state index contributed by atoms with van der Waals surface area (Å²) in [5, 5.41) is 0. The van der Waals surface area contributed by atoms with Crippen molar-refractivity contribution in [1.82, 2.24) is 0 Å². The second kappa shape index (κ2) is 6.18. The van der Waals surface area contributed by atoms with E-state index in [2.05, 4.69) is 19.1 Å². The molecule has 0 aromatic heterocycles. The van der Waals surface area contributed by atoms with Crippen LogP contribution in [0.1, 0.15) is 34.3 Å². The fourth-order valence-corrected chi connectivity index (χ4v) is 2.43. The molecule has 1 nitrogen and oxygen atoms in total. The standard InChI is InChI=1S/C16H16OTe/c1-12(11-18)13-7-9-15(10-8-13)16(17)14-5-3-2-4-6-14/h2-10,12,18H,11H2,1H3. The van der Waals surface area contributed by atoms with Gasteiger partial charge in [0.05, 0.1) is 0 Å². The summed E-state index contributed by atoms with van der Waals surface area (Å²) in [6.45, 7) is 2.21. The summed E-state index contributed by atoms with van der Waals surface area (Å²) in [6.07, 6.45) is 0. The first-order valence-corrected chi connectivity index (χ1v) is 7.83. The predicted octanol–water partition coefficient (Wildman–Crippen LogP) is 3.34. The van der Waals surface area contributed by atoms with Gasteiger partial charge in [0.25, 0.3) is 0 Å².